The fourth-order valence-electron chi connectivity index (χ4n) is 6.13. The van der Waals surface area contributed by atoms with Gasteiger partial charge in [0.25, 0.3) is 5.91 Å². The summed E-state index contributed by atoms with van der Waals surface area (Å²) >= 11 is 0. The largest absolute Gasteiger partial charge is 0.508 e. The third-order valence-electron chi connectivity index (χ3n) is 7.92. The molecule has 3 atom stereocenters. The molecule has 0 unspecified atom stereocenters. The minimum atomic E-state index is -2.61. The number of benzene rings is 2. The highest BCUT2D eigenvalue weighted by Gasteiger charge is 2.60. The Hall–Kier alpha value is -4.51. The maximum atomic E-state index is 13.7. The SMILES string of the molecule is COc1cc(-c2ccc(O)c3c2C[C@H]2C[C@H]4CC(=O)C(C(N)=O)=C(O)[C@@]4(O)C(=O)C2=C3O)cc(OC)c1OC. The Morgan fingerprint density at radius 2 is 1.64 bits per heavy atom. The van der Waals surface area contributed by atoms with Crippen LogP contribution >= 0.6 is 0 Å². The molecule has 39 heavy (non-hydrogen) atoms. The predicted octanol–water partition coefficient (Wildman–Crippen LogP) is 2.12. The van der Waals surface area contributed by atoms with E-state index in [1.165, 1.54) is 27.4 Å². The molecule has 0 spiro atoms. The molecule has 3 aliphatic rings. The molecule has 11 heteroatoms. The van der Waals surface area contributed by atoms with Gasteiger partial charge in [0.15, 0.2) is 22.9 Å². The van der Waals surface area contributed by atoms with Crippen LogP contribution in [0.25, 0.3) is 16.9 Å². The van der Waals surface area contributed by atoms with Crippen molar-refractivity contribution >= 4 is 23.2 Å². The van der Waals surface area contributed by atoms with E-state index in [2.05, 4.69) is 0 Å². The molecule has 0 saturated heterocycles. The van der Waals surface area contributed by atoms with Crippen molar-refractivity contribution in [2.24, 2.45) is 17.6 Å². The molecule has 204 valence electrons. The van der Waals surface area contributed by atoms with Gasteiger partial charge in [-0.3, -0.25) is 14.4 Å². The fourth-order valence-corrected chi connectivity index (χ4v) is 6.13. The number of phenolic OH excluding ortho intramolecular Hbond substituents is 1. The molecule has 0 aromatic heterocycles. The summed E-state index contributed by atoms with van der Waals surface area (Å²) in [6, 6.07) is 6.44. The molecular formula is C28H27NO10. The number of carbonyl (C=O) groups is 3. The molecule has 6 N–H and O–H groups in total. The van der Waals surface area contributed by atoms with Crippen molar-refractivity contribution in [1.29, 1.82) is 0 Å². The number of hydrogen-bond acceptors (Lipinski definition) is 10. The lowest BCUT2D eigenvalue weighted by molar-refractivity contribution is -0.147. The zero-order valence-electron chi connectivity index (χ0n) is 21.4. The molecule has 0 radical (unpaired) electrons. The first-order valence-corrected chi connectivity index (χ1v) is 12.1. The smallest absolute Gasteiger partial charge is 0.255 e. The minimum absolute atomic E-state index is 0.00613. The van der Waals surface area contributed by atoms with Gasteiger partial charge in [0.05, 0.1) is 26.9 Å². The molecule has 3 aliphatic carbocycles. The van der Waals surface area contributed by atoms with Crippen LogP contribution in [0.5, 0.6) is 23.0 Å². The summed E-state index contributed by atoms with van der Waals surface area (Å²) in [6.07, 6.45) is -0.191. The van der Waals surface area contributed by atoms with Crippen molar-refractivity contribution in [3.8, 4) is 34.1 Å². The lowest BCUT2D eigenvalue weighted by atomic mass is 9.59. The topological polar surface area (TPSA) is 186 Å². The second-order valence-electron chi connectivity index (χ2n) is 9.81. The van der Waals surface area contributed by atoms with E-state index in [-0.39, 0.29) is 36.1 Å². The molecule has 2 aromatic carbocycles. The van der Waals surface area contributed by atoms with Gasteiger partial charge in [-0.25, -0.2) is 0 Å². The van der Waals surface area contributed by atoms with Gasteiger partial charge in [0, 0.05) is 17.9 Å². The van der Waals surface area contributed by atoms with Crippen LogP contribution < -0.4 is 19.9 Å². The van der Waals surface area contributed by atoms with Crippen molar-refractivity contribution in [1.82, 2.24) is 0 Å². The number of carbonyl (C=O) groups excluding carboxylic acids is 3. The van der Waals surface area contributed by atoms with E-state index in [4.69, 9.17) is 19.9 Å². The van der Waals surface area contributed by atoms with Gasteiger partial charge in [-0.2, -0.15) is 0 Å². The Morgan fingerprint density at radius 3 is 2.21 bits per heavy atom. The molecular weight excluding hydrogens is 510 g/mol. The van der Waals surface area contributed by atoms with Gasteiger partial charge in [-0.05, 0) is 53.6 Å². The van der Waals surface area contributed by atoms with E-state index in [0.29, 0.717) is 33.9 Å². The second kappa shape index (κ2) is 9.05. The third kappa shape index (κ3) is 3.57. The van der Waals surface area contributed by atoms with Crippen molar-refractivity contribution in [3.63, 3.8) is 0 Å². The maximum Gasteiger partial charge on any atom is 0.255 e. The Kier molecular flexibility index (Phi) is 6.06. The number of fused-ring (bicyclic) bond motifs is 3. The molecule has 1 fully saturated rings. The van der Waals surface area contributed by atoms with Crippen LogP contribution in [-0.2, 0) is 20.8 Å². The monoisotopic (exact) mass is 537 g/mol. The number of primary amides is 1. The van der Waals surface area contributed by atoms with Gasteiger partial charge in [0.1, 0.15) is 22.8 Å². The maximum absolute atomic E-state index is 13.7. The normalized spacial score (nSPS) is 24.1. The van der Waals surface area contributed by atoms with Crippen LogP contribution in [0.2, 0.25) is 0 Å². The number of nitrogens with two attached hydrogens (primary N) is 1. The van der Waals surface area contributed by atoms with Crippen molar-refractivity contribution < 1.29 is 49.0 Å². The second-order valence-corrected chi connectivity index (χ2v) is 9.81. The predicted molar refractivity (Wildman–Crippen MR) is 136 cm³/mol. The van der Waals surface area contributed by atoms with Gasteiger partial charge < -0.3 is 40.4 Å². The number of methoxy groups -OCH3 is 3. The number of amides is 1. The third-order valence-corrected chi connectivity index (χ3v) is 7.92. The number of Topliss-reactive ketones (excluding diaryl/α,β-unsaturated/α-hetero) is 2. The van der Waals surface area contributed by atoms with Crippen LogP contribution in [0.4, 0.5) is 0 Å². The molecule has 0 bridgehead atoms. The van der Waals surface area contributed by atoms with Crippen LogP contribution in [-0.4, -0.2) is 64.8 Å². The molecule has 11 nitrogen and oxygen atoms in total. The Bertz CT molecular complexity index is 1500. The van der Waals surface area contributed by atoms with E-state index in [1.54, 1.807) is 18.2 Å². The van der Waals surface area contributed by atoms with E-state index in [1.807, 2.05) is 0 Å². The number of ketones is 2. The number of rotatable bonds is 5. The number of phenols is 1. The number of ether oxygens (including phenoxy) is 3. The Balaban J connectivity index is 1.71. The number of hydrogen-bond donors (Lipinski definition) is 5. The van der Waals surface area contributed by atoms with Gasteiger partial charge in [-0.1, -0.05) is 6.07 Å². The van der Waals surface area contributed by atoms with Crippen LogP contribution in [0.1, 0.15) is 24.0 Å². The van der Waals surface area contributed by atoms with E-state index >= 15 is 0 Å². The van der Waals surface area contributed by atoms with E-state index in [0.717, 1.165) is 0 Å². The molecule has 1 saturated carbocycles. The van der Waals surface area contributed by atoms with E-state index < -0.39 is 52.0 Å². The summed E-state index contributed by atoms with van der Waals surface area (Å²) in [4.78, 5) is 38.0. The quantitative estimate of drug-likeness (QED) is 0.354. The zero-order valence-corrected chi connectivity index (χ0v) is 21.4. The summed E-state index contributed by atoms with van der Waals surface area (Å²) < 4.78 is 16.3. The van der Waals surface area contributed by atoms with E-state index in [9.17, 15) is 34.8 Å². The molecule has 0 heterocycles. The summed E-state index contributed by atoms with van der Waals surface area (Å²) in [5, 5.41) is 44.2. The van der Waals surface area contributed by atoms with Crippen LogP contribution in [0, 0.1) is 11.8 Å². The number of aromatic hydroxyl groups is 1. The number of aliphatic hydroxyl groups is 3. The Morgan fingerprint density at radius 1 is 1.00 bits per heavy atom. The highest BCUT2D eigenvalue weighted by Crippen LogP contribution is 2.53. The highest BCUT2D eigenvalue weighted by atomic mass is 16.5. The average molecular weight is 538 g/mol. The first-order valence-electron chi connectivity index (χ1n) is 12.1. The first kappa shape index (κ1) is 26.1. The molecule has 5 rings (SSSR count). The van der Waals surface area contributed by atoms with Gasteiger partial charge >= 0.3 is 0 Å². The van der Waals surface area contributed by atoms with Crippen LogP contribution in [0.3, 0.4) is 0 Å². The molecule has 0 aliphatic heterocycles. The van der Waals surface area contributed by atoms with Crippen molar-refractivity contribution in [3.05, 3.63) is 52.3 Å². The van der Waals surface area contributed by atoms with Gasteiger partial charge in [0.2, 0.25) is 11.5 Å². The molecule has 2 aromatic rings. The summed E-state index contributed by atoms with van der Waals surface area (Å²) in [7, 11) is 4.42. The van der Waals surface area contributed by atoms with Crippen LogP contribution in [0.15, 0.2) is 41.2 Å². The average Bonchev–Trinajstić information content (AvgIpc) is 2.89. The number of aliphatic hydroxyl groups excluding tert-OH is 2. The lowest BCUT2D eigenvalue weighted by Crippen LogP contribution is -2.58. The summed E-state index contributed by atoms with van der Waals surface area (Å²) in [5.41, 5.74) is 3.33. The zero-order chi connectivity index (χ0) is 28.4. The standard InChI is InChI=1S/C28H27NO10/c1-37-18-8-11(9-19(38-2)24(18)39-3)14-4-5-16(30)21-15(14)7-12-6-13-10-17(31)22(27(29)35)26(34)28(13,36)25(33)20(12)23(21)32/h4-5,8-9,12-13,30,32,34,36H,6-7,10H2,1-3H3,(H2,29,35)/t12-,13+,28+/m1/s1. The van der Waals surface area contributed by atoms with Crippen molar-refractivity contribution in [2.45, 2.75) is 24.9 Å². The highest BCUT2D eigenvalue weighted by molar-refractivity contribution is 6.22. The minimum Gasteiger partial charge on any atom is -0.508 e. The summed E-state index contributed by atoms with van der Waals surface area (Å²) in [6.45, 7) is 0. The van der Waals surface area contributed by atoms with Crippen molar-refractivity contribution in [2.75, 3.05) is 21.3 Å². The molecule has 1 amide bonds. The Labute approximate surface area is 222 Å². The fraction of sp³-hybridized carbons (Fsp3) is 0.321. The van der Waals surface area contributed by atoms with Gasteiger partial charge in [-0.15, -0.1) is 0 Å². The first-order chi connectivity index (χ1) is 18.5. The lowest BCUT2D eigenvalue weighted by Gasteiger charge is -2.46. The summed E-state index contributed by atoms with van der Waals surface area (Å²) in [5.74, 6) is -5.62.